The van der Waals surface area contributed by atoms with E-state index in [-0.39, 0.29) is 0 Å². The minimum absolute atomic E-state index is 0.692. The van der Waals surface area contributed by atoms with Gasteiger partial charge in [-0.15, -0.1) is 11.6 Å². The number of alkyl halides is 1. The fourth-order valence-corrected chi connectivity index (χ4v) is 3.22. The van der Waals surface area contributed by atoms with E-state index in [1.165, 1.54) is 25.7 Å². The lowest BCUT2D eigenvalue weighted by molar-refractivity contribution is 0.250. The van der Waals surface area contributed by atoms with E-state index in [1.54, 1.807) is 6.33 Å². The van der Waals surface area contributed by atoms with Crippen molar-refractivity contribution < 1.29 is 0 Å². The van der Waals surface area contributed by atoms with Crippen molar-refractivity contribution >= 4 is 11.6 Å². The molecule has 1 aromatic heterocycles. The van der Waals surface area contributed by atoms with Crippen molar-refractivity contribution in [2.45, 2.75) is 45.7 Å². The quantitative estimate of drug-likeness (QED) is 0.808. The molecular weight excluding hydrogens is 248 g/mol. The molecule has 18 heavy (non-hydrogen) atoms. The smallest absolute Gasteiger partial charge is 0.140 e. The molecular formula is C13H23ClN4. The Hall–Kier alpha value is -0.610. The summed E-state index contributed by atoms with van der Waals surface area (Å²) in [6.45, 7) is 4.82. The Morgan fingerprint density at radius 3 is 2.89 bits per heavy atom. The second-order valence-corrected chi connectivity index (χ2v) is 5.39. The first kappa shape index (κ1) is 13.8. The average molecular weight is 271 g/mol. The Bertz CT molecular complexity index is 353. The monoisotopic (exact) mass is 270 g/mol. The third-order valence-corrected chi connectivity index (χ3v) is 4.35. The van der Waals surface area contributed by atoms with E-state index in [0.717, 1.165) is 37.3 Å². The van der Waals surface area contributed by atoms with Crippen LogP contribution in [0.5, 0.6) is 0 Å². The largest absolute Gasteiger partial charge is 0.310 e. The van der Waals surface area contributed by atoms with Gasteiger partial charge in [0.2, 0.25) is 0 Å². The zero-order valence-electron chi connectivity index (χ0n) is 11.1. The zero-order valence-corrected chi connectivity index (χ0v) is 11.9. The van der Waals surface area contributed by atoms with Gasteiger partial charge in [-0.05, 0) is 38.1 Å². The van der Waals surface area contributed by atoms with Crippen molar-refractivity contribution in [1.82, 2.24) is 20.1 Å². The number of halogens is 1. The van der Waals surface area contributed by atoms with Crippen LogP contribution in [-0.2, 0) is 13.1 Å². The van der Waals surface area contributed by atoms with Crippen molar-refractivity contribution in [1.29, 1.82) is 0 Å². The minimum Gasteiger partial charge on any atom is -0.310 e. The first-order valence-corrected chi connectivity index (χ1v) is 7.52. The van der Waals surface area contributed by atoms with Crippen molar-refractivity contribution in [2.24, 2.45) is 11.8 Å². The average Bonchev–Trinajstić information content (AvgIpc) is 2.87. The van der Waals surface area contributed by atoms with Gasteiger partial charge in [-0.25, -0.2) is 9.67 Å². The predicted molar refractivity (Wildman–Crippen MR) is 73.6 cm³/mol. The van der Waals surface area contributed by atoms with Crippen molar-refractivity contribution in [3.8, 4) is 0 Å². The molecule has 0 bridgehead atoms. The molecule has 5 heteroatoms. The van der Waals surface area contributed by atoms with Crippen LogP contribution in [0.1, 0.15) is 38.4 Å². The summed E-state index contributed by atoms with van der Waals surface area (Å²) in [5.41, 5.74) is 0. The zero-order chi connectivity index (χ0) is 12.8. The van der Waals surface area contributed by atoms with Crippen LogP contribution in [-0.4, -0.2) is 27.2 Å². The Morgan fingerprint density at radius 1 is 1.39 bits per heavy atom. The van der Waals surface area contributed by atoms with E-state index in [1.807, 2.05) is 4.68 Å². The maximum Gasteiger partial charge on any atom is 0.140 e. The van der Waals surface area contributed by atoms with Gasteiger partial charge in [-0.2, -0.15) is 5.10 Å². The Balaban J connectivity index is 1.77. The molecule has 1 N–H and O–H groups in total. The van der Waals surface area contributed by atoms with Crippen LogP contribution >= 0.6 is 11.6 Å². The Morgan fingerprint density at radius 2 is 2.17 bits per heavy atom. The van der Waals surface area contributed by atoms with E-state index in [9.17, 15) is 0 Å². The van der Waals surface area contributed by atoms with Crippen LogP contribution < -0.4 is 5.32 Å². The molecule has 0 saturated heterocycles. The third-order valence-electron chi connectivity index (χ3n) is 3.95. The number of nitrogens with one attached hydrogen (secondary N) is 1. The van der Waals surface area contributed by atoms with E-state index in [0.29, 0.717) is 5.92 Å². The molecule has 102 valence electrons. The first-order chi connectivity index (χ1) is 8.85. The molecule has 1 aliphatic carbocycles. The lowest BCUT2D eigenvalue weighted by atomic mass is 9.80. The number of aromatic nitrogens is 3. The topological polar surface area (TPSA) is 42.7 Å². The highest BCUT2D eigenvalue weighted by molar-refractivity contribution is 6.18. The van der Waals surface area contributed by atoms with Gasteiger partial charge in [-0.3, -0.25) is 0 Å². The van der Waals surface area contributed by atoms with Gasteiger partial charge in [0.25, 0.3) is 0 Å². The Labute approximate surface area is 114 Å². The van der Waals surface area contributed by atoms with E-state index in [4.69, 9.17) is 11.6 Å². The molecule has 0 amide bonds. The number of hydrogen-bond acceptors (Lipinski definition) is 3. The summed E-state index contributed by atoms with van der Waals surface area (Å²) in [5, 5.41) is 7.69. The van der Waals surface area contributed by atoms with Gasteiger partial charge in [0.1, 0.15) is 12.2 Å². The van der Waals surface area contributed by atoms with Crippen molar-refractivity contribution in [3.63, 3.8) is 0 Å². The molecule has 0 aliphatic heterocycles. The lowest BCUT2D eigenvalue weighted by Gasteiger charge is -2.30. The van der Waals surface area contributed by atoms with Gasteiger partial charge in [0.15, 0.2) is 0 Å². The molecule has 4 nitrogen and oxygen atoms in total. The molecule has 1 saturated carbocycles. The molecule has 0 radical (unpaired) electrons. The minimum atomic E-state index is 0.692. The number of nitrogens with zero attached hydrogens (tertiary/aromatic N) is 3. The van der Waals surface area contributed by atoms with Crippen LogP contribution in [0.25, 0.3) is 0 Å². The predicted octanol–water partition coefficient (Wildman–Crippen LogP) is 2.43. The molecule has 1 heterocycles. The summed E-state index contributed by atoms with van der Waals surface area (Å²) in [4.78, 5) is 4.27. The van der Waals surface area contributed by atoms with Crippen molar-refractivity contribution in [3.05, 3.63) is 12.2 Å². The summed E-state index contributed by atoms with van der Waals surface area (Å²) in [6.07, 6.45) is 6.93. The van der Waals surface area contributed by atoms with Gasteiger partial charge >= 0.3 is 0 Å². The van der Waals surface area contributed by atoms with Crippen LogP contribution in [0.4, 0.5) is 0 Å². The summed E-state index contributed by atoms with van der Waals surface area (Å²) >= 11 is 6.05. The second kappa shape index (κ2) is 7.10. The highest BCUT2D eigenvalue weighted by Gasteiger charge is 2.23. The van der Waals surface area contributed by atoms with Crippen LogP contribution in [0, 0.1) is 11.8 Å². The summed E-state index contributed by atoms with van der Waals surface area (Å²) < 4.78 is 1.94. The van der Waals surface area contributed by atoms with Crippen LogP contribution in [0.2, 0.25) is 0 Å². The van der Waals surface area contributed by atoms with Gasteiger partial charge < -0.3 is 5.32 Å². The fourth-order valence-electron chi connectivity index (χ4n) is 2.81. The highest BCUT2D eigenvalue weighted by atomic mass is 35.5. The lowest BCUT2D eigenvalue weighted by Crippen LogP contribution is -2.31. The summed E-state index contributed by atoms with van der Waals surface area (Å²) in [7, 11) is 0. The van der Waals surface area contributed by atoms with Gasteiger partial charge in [0, 0.05) is 12.4 Å². The van der Waals surface area contributed by atoms with Crippen LogP contribution in [0.15, 0.2) is 6.33 Å². The molecule has 2 unspecified atom stereocenters. The molecule has 0 spiro atoms. The Kier molecular flexibility index (Phi) is 5.45. The molecule has 1 aromatic rings. The molecule has 2 atom stereocenters. The maximum atomic E-state index is 6.05. The second-order valence-electron chi connectivity index (χ2n) is 5.08. The summed E-state index contributed by atoms with van der Waals surface area (Å²) in [5.74, 6) is 3.25. The summed E-state index contributed by atoms with van der Waals surface area (Å²) in [6, 6.07) is 0. The molecule has 1 aliphatic rings. The van der Waals surface area contributed by atoms with E-state index < -0.39 is 0 Å². The first-order valence-electron chi connectivity index (χ1n) is 6.98. The fraction of sp³-hybridized carbons (Fsp3) is 0.846. The van der Waals surface area contributed by atoms with E-state index >= 15 is 0 Å². The van der Waals surface area contributed by atoms with Crippen molar-refractivity contribution in [2.75, 3.05) is 12.4 Å². The highest BCUT2D eigenvalue weighted by Crippen LogP contribution is 2.30. The molecule has 0 aromatic carbocycles. The maximum absolute atomic E-state index is 6.05. The number of aryl methyl sites for hydroxylation is 1. The number of rotatable bonds is 6. The standard InChI is InChI=1S/C13H23ClN4/c1-2-18-13(16-10-17-18)9-15-8-12-6-4-3-5-11(12)7-14/h10-12,15H,2-9H2,1H3. The molecule has 2 rings (SSSR count). The van der Waals surface area contributed by atoms with E-state index in [2.05, 4.69) is 22.3 Å². The van der Waals surface area contributed by atoms with Gasteiger partial charge in [-0.1, -0.05) is 12.8 Å². The normalized spacial score (nSPS) is 24.3. The SMILES string of the molecule is CCn1ncnc1CNCC1CCCCC1CCl. The van der Waals surface area contributed by atoms with Gasteiger partial charge in [0.05, 0.1) is 6.54 Å². The number of hydrogen-bond donors (Lipinski definition) is 1. The third kappa shape index (κ3) is 3.45. The molecule has 1 fully saturated rings. The van der Waals surface area contributed by atoms with Crippen LogP contribution in [0.3, 0.4) is 0 Å².